The highest BCUT2D eigenvalue weighted by atomic mass is 32.2. The average Bonchev–Trinajstić information content (AvgIpc) is 4.02. The van der Waals surface area contributed by atoms with E-state index in [0.717, 1.165) is 35.7 Å². The number of quaternary nitrogens is 1. The van der Waals surface area contributed by atoms with E-state index in [1.165, 1.54) is 48.0 Å². The predicted octanol–water partition coefficient (Wildman–Crippen LogP) is 7.32. The normalized spacial score (nSPS) is 18.9. The Morgan fingerprint density at radius 1 is 0.818 bits per heavy atom. The maximum Gasteiger partial charge on any atom is 0.514 e. The number of hydrogen-bond acceptors (Lipinski definition) is 21. The van der Waals surface area contributed by atoms with Gasteiger partial charge in [0, 0.05) is 35.1 Å². The fraction of sp³-hybridized carbons (Fsp3) is 0.600. The zero-order valence-electron chi connectivity index (χ0n) is 46.0. The largest absolute Gasteiger partial charge is 0.539 e. The number of carbonyl (C=O) groups excluding carboxylic acids is 7. The molecule has 2 radical (unpaired) electrons. The van der Waals surface area contributed by atoms with Crippen LogP contribution >= 0.6 is 34.6 Å². The number of ether oxygens (including phenoxy) is 6. The molecule has 2 N–H and O–H groups in total. The van der Waals surface area contributed by atoms with Crippen LogP contribution in [-0.2, 0) is 54.2 Å². The van der Waals surface area contributed by atoms with Gasteiger partial charge >= 0.3 is 38.4 Å². The number of anilines is 1. The van der Waals surface area contributed by atoms with Crippen LogP contribution in [0.5, 0.6) is 11.5 Å². The summed E-state index contributed by atoms with van der Waals surface area (Å²) >= 11 is 3.39. The summed E-state index contributed by atoms with van der Waals surface area (Å²) in [7, 11) is 5.54. The first kappa shape index (κ1) is 60.0. The van der Waals surface area contributed by atoms with Crippen molar-refractivity contribution in [2.75, 3.05) is 31.5 Å². The van der Waals surface area contributed by atoms with Crippen LogP contribution in [0.3, 0.4) is 0 Å². The summed E-state index contributed by atoms with van der Waals surface area (Å²) in [6.07, 6.45) is -1.27. The molecule has 1 aromatic carbocycles. The number of benzene rings is 1. The van der Waals surface area contributed by atoms with Crippen LogP contribution in [0.1, 0.15) is 122 Å². The first-order chi connectivity index (χ1) is 35.5. The summed E-state index contributed by atoms with van der Waals surface area (Å²) in [6, 6.07) is 1.53. The third kappa shape index (κ3) is 15.3. The van der Waals surface area contributed by atoms with Crippen LogP contribution in [0.25, 0.3) is 10.1 Å². The number of rotatable bonds is 15. The molecule has 3 aliphatic heterocycles. The Balaban J connectivity index is 1.26. The highest BCUT2D eigenvalue weighted by molar-refractivity contribution is 8.00. The van der Waals surface area contributed by atoms with Crippen molar-refractivity contribution >= 4 is 106 Å². The van der Waals surface area contributed by atoms with Crippen LogP contribution < -0.4 is 25.7 Å². The van der Waals surface area contributed by atoms with E-state index in [2.05, 4.69) is 20.8 Å². The van der Waals surface area contributed by atoms with Crippen LogP contribution in [0, 0.1) is 0 Å². The number of likely N-dealkylation sites (tertiary alicyclic amines) is 1. The number of amides is 3. The van der Waals surface area contributed by atoms with Gasteiger partial charge in [-0.05, 0) is 110 Å². The molecule has 77 heavy (non-hydrogen) atoms. The second-order valence-electron chi connectivity index (χ2n) is 23.1. The third-order valence-electron chi connectivity index (χ3n) is 11.5. The molecule has 2 aromatic heterocycles. The number of aromatic nitrogens is 2. The lowest BCUT2D eigenvalue weighted by Crippen LogP contribution is -2.72. The summed E-state index contributed by atoms with van der Waals surface area (Å²) in [4.78, 5) is 119. The van der Waals surface area contributed by atoms with Gasteiger partial charge in [-0.3, -0.25) is 28.6 Å². The molecule has 6 rings (SSSR count). The van der Waals surface area contributed by atoms with Gasteiger partial charge in [0.05, 0.1) is 36.3 Å². The highest BCUT2D eigenvalue weighted by Gasteiger charge is 2.57. The minimum atomic E-state index is -1.71. The van der Waals surface area contributed by atoms with Crippen molar-refractivity contribution in [2.24, 2.45) is 5.16 Å². The van der Waals surface area contributed by atoms with Gasteiger partial charge in [-0.2, -0.15) is 0 Å². The van der Waals surface area contributed by atoms with Gasteiger partial charge in [0.15, 0.2) is 22.3 Å². The van der Waals surface area contributed by atoms with E-state index in [1.54, 1.807) is 87.0 Å². The van der Waals surface area contributed by atoms with Crippen molar-refractivity contribution in [3.05, 3.63) is 44.8 Å². The number of thioether (sulfide) groups is 1. The molecule has 0 aliphatic carbocycles. The fourth-order valence-corrected chi connectivity index (χ4v) is 11.3. The van der Waals surface area contributed by atoms with Gasteiger partial charge in [-0.1, -0.05) is 16.7 Å². The summed E-state index contributed by atoms with van der Waals surface area (Å²) in [5, 5.41) is 9.69. The van der Waals surface area contributed by atoms with Crippen LogP contribution in [-0.4, -0.2) is 145 Å². The molecular formula is C50H67BN7O16S3+. The number of esters is 1. The van der Waals surface area contributed by atoms with E-state index in [0.29, 0.717) is 34.4 Å². The lowest BCUT2D eigenvalue weighted by atomic mass is 9.99. The van der Waals surface area contributed by atoms with Crippen molar-refractivity contribution in [1.29, 1.82) is 0 Å². The number of oxime groups is 1. The van der Waals surface area contributed by atoms with E-state index >= 15 is 0 Å². The Kier molecular flexibility index (Phi) is 17.7. The molecule has 0 saturated carbocycles. The zero-order valence-corrected chi connectivity index (χ0v) is 48.4. The molecule has 23 nitrogen and oxygen atoms in total. The molecule has 0 unspecified atom stereocenters. The Labute approximate surface area is 459 Å². The van der Waals surface area contributed by atoms with Crippen LogP contribution in [0.4, 0.5) is 19.5 Å². The van der Waals surface area contributed by atoms with Crippen molar-refractivity contribution < 1.29 is 76.0 Å². The van der Waals surface area contributed by atoms with Gasteiger partial charge in [-0.15, -0.1) is 23.1 Å². The summed E-state index contributed by atoms with van der Waals surface area (Å²) < 4.78 is 39.7. The summed E-state index contributed by atoms with van der Waals surface area (Å²) in [5.74, 6) is -3.74. The number of nitrogens with zero attached hydrogens (tertiary/aromatic N) is 5. The monoisotopic (exact) mass is 1130 g/mol. The van der Waals surface area contributed by atoms with E-state index in [4.69, 9.17) is 46.0 Å². The second-order valence-corrected chi connectivity index (χ2v) is 26.5. The lowest BCUT2D eigenvalue weighted by molar-refractivity contribution is -0.912. The smallest absolute Gasteiger partial charge is 0.514 e. The molecule has 3 amide bonds. The molecule has 3 atom stereocenters. The van der Waals surface area contributed by atoms with Crippen LogP contribution in [0.15, 0.2) is 38.7 Å². The first-order valence-corrected chi connectivity index (χ1v) is 27.3. The Morgan fingerprint density at radius 3 is 1.95 bits per heavy atom. The SMILES string of the molecule is [B]OC(=O)C1=C(C[N+]2(CCn3sc4cc(OC(=O)OC(C)(C)C)c(OC(=O)OC(C)(C)C)cc4c3=O)CCCC2)[C@H](C)S[C@@H]2[C@H](NC(=O)/C(=N\OC(C)(C)C(=O)OC(C)(C)C)c3csc(NC(=O)OC(C)(C)C)n3)C(=O)N12. The Morgan fingerprint density at radius 2 is 1.39 bits per heavy atom. The number of β-lactam (4-membered cyclic amide) rings is 1. The van der Waals surface area contributed by atoms with Crippen molar-refractivity contribution in [1.82, 2.24) is 19.2 Å². The van der Waals surface area contributed by atoms with Gasteiger partial charge < -0.3 is 47.7 Å². The molecule has 2 fully saturated rings. The number of nitrogens with one attached hydrogen (secondary N) is 2. The van der Waals surface area contributed by atoms with Crippen molar-refractivity contribution in [3.8, 4) is 11.5 Å². The third-order valence-corrected chi connectivity index (χ3v) is 14.8. The minimum absolute atomic E-state index is 0.0438. The molecular weight excluding hydrogens is 1060 g/mol. The van der Waals surface area contributed by atoms with Crippen molar-refractivity contribution in [3.63, 3.8) is 0 Å². The average molecular weight is 1130 g/mol. The number of fused-ring (bicyclic) bond motifs is 2. The summed E-state index contributed by atoms with van der Waals surface area (Å²) in [5.41, 5.74) is -5.63. The molecule has 2 saturated heterocycles. The highest BCUT2D eigenvalue weighted by Crippen LogP contribution is 2.46. The van der Waals surface area contributed by atoms with E-state index in [9.17, 15) is 38.4 Å². The molecule has 27 heteroatoms. The van der Waals surface area contributed by atoms with Crippen LogP contribution in [0.2, 0.25) is 0 Å². The number of carbonyl (C=O) groups is 7. The molecule has 3 aromatic rings. The quantitative estimate of drug-likeness (QED) is 0.0221. The van der Waals surface area contributed by atoms with Crippen molar-refractivity contribution in [2.45, 2.75) is 168 Å². The Bertz CT molecular complexity index is 2930. The molecule has 3 aliphatic rings. The summed E-state index contributed by atoms with van der Waals surface area (Å²) in [6.45, 7) is 26.9. The maximum absolute atomic E-state index is 14.3. The van der Waals surface area contributed by atoms with E-state index in [-0.39, 0.29) is 46.5 Å². The fourth-order valence-electron chi connectivity index (χ4n) is 8.18. The second kappa shape index (κ2) is 22.7. The zero-order chi connectivity index (χ0) is 57.4. The topological polar surface area (TPSA) is 268 Å². The molecule has 0 spiro atoms. The number of hydrogen-bond donors (Lipinski definition) is 2. The van der Waals surface area contributed by atoms with E-state index in [1.807, 2.05) is 6.92 Å². The standard InChI is InChI=1S/C50H66BN7O16S3/c1-26-28(24-58(19-16-17-20-58)21-18-56-37(60)27-22-30(67-44(65)71-48(8,9)10)31(23-32(27)77-56)68-45(66)72-49(11,12)13)35(40(62)73-51)57-38(61)34(39(57)76-26)53-36(59)33(55-74-50(14,15)41(63)69-46(2,3)4)29-25-75-42(52-29)54-43(64)70-47(5,6)7/h22-23,25-26,34,39H,16-21,24H2,1-15H3,(H-,52,53,54,59,64)/p+1/b55-33-/t26-,34+,39+/m0/s1. The van der Waals surface area contributed by atoms with Gasteiger partial charge in [0.1, 0.15) is 51.8 Å². The predicted molar refractivity (Wildman–Crippen MR) is 287 cm³/mol. The molecule has 5 heterocycles. The Hall–Kier alpha value is -6.19. The molecule has 0 bridgehead atoms. The minimum Gasteiger partial charge on any atom is -0.539 e. The first-order valence-electron chi connectivity index (χ1n) is 24.7. The van der Waals surface area contributed by atoms with Gasteiger partial charge in [0.2, 0.25) is 5.60 Å². The lowest BCUT2D eigenvalue weighted by Gasteiger charge is -2.52. The number of thiazole rings is 1. The van der Waals surface area contributed by atoms with Gasteiger partial charge in [-0.25, -0.2) is 29.0 Å². The molecule has 418 valence electrons. The van der Waals surface area contributed by atoms with E-state index < -0.39 is 98.1 Å². The van der Waals surface area contributed by atoms with Gasteiger partial charge in [0.25, 0.3) is 17.4 Å². The maximum atomic E-state index is 14.3.